The van der Waals surface area contributed by atoms with Crippen molar-refractivity contribution >= 4 is 23.8 Å². The Balaban J connectivity index is 1.62. The summed E-state index contributed by atoms with van der Waals surface area (Å²) in [4.78, 5) is 52.0. The second-order valence-electron chi connectivity index (χ2n) is 14.1. The van der Waals surface area contributed by atoms with Crippen LogP contribution in [-0.4, -0.2) is 79.7 Å². The van der Waals surface area contributed by atoms with Crippen molar-refractivity contribution in [3.8, 4) is 5.69 Å². The summed E-state index contributed by atoms with van der Waals surface area (Å²) in [5, 5.41) is 21.1. The molecule has 0 saturated heterocycles. The number of halogens is 2. The van der Waals surface area contributed by atoms with Gasteiger partial charge in [-0.05, 0) is 62.4 Å². The molecular formula is C36H44F2N6O5. The number of imide groups is 1. The third-order valence-electron chi connectivity index (χ3n) is 8.20. The molecular weight excluding hydrogens is 634 g/mol. The molecule has 1 aliphatic rings. The van der Waals surface area contributed by atoms with Gasteiger partial charge in [0.05, 0.1) is 11.7 Å². The molecule has 49 heavy (non-hydrogen) atoms. The van der Waals surface area contributed by atoms with Gasteiger partial charge in [0, 0.05) is 49.5 Å². The van der Waals surface area contributed by atoms with Gasteiger partial charge < -0.3 is 15.7 Å². The van der Waals surface area contributed by atoms with Crippen molar-refractivity contribution in [2.24, 2.45) is 5.41 Å². The van der Waals surface area contributed by atoms with Gasteiger partial charge in [0.25, 0.3) is 11.8 Å². The van der Waals surface area contributed by atoms with E-state index in [0.717, 1.165) is 51.3 Å². The van der Waals surface area contributed by atoms with E-state index in [9.17, 15) is 33.1 Å². The van der Waals surface area contributed by atoms with Crippen molar-refractivity contribution in [1.29, 1.82) is 0 Å². The molecule has 2 heterocycles. The number of nitrogens with zero attached hydrogens (tertiary/aromatic N) is 4. The van der Waals surface area contributed by atoms with Gasteiger partial charge in [-0.1, -0.05) is 51.1 Å². The smallest absolute Gasteiger partial charge is 0.408 e. The molecule has 1 aromatic heterocycles. The van der Waals surface area contributed by atoms with E-state index in [-0.39, 0.29) is 31.7 Å². The summed E-state index contributed by atoms with van der Waals surface area (Å²) in [6, 6.07) is 11.3. The van der Waals surface area contributed by atoms with Gasteiger partial charge in [-0.3, -0.25) is 24.2 Å². The van der Waals surface area contributed by atoms with Gasteiger partial charge in [0.1, 0.15) is 23.4 Å². The second-order valence-corrected chi connectivity index (χ2v) is 14.1. The Labute approximate surface area is 285 Å². The zero-order valence-corrected chi connectivity index (χ0v) is 28.7. The first-order valence-electron chi connectivity index (χ1n) is 16.1. The van der Waals surface area contributed by atoms with E-state index in [4.69, 9.17) is 5.10 Å². The lowest BCUT2D eigenvalue weighted by molar-refractivity contribution is -0.137. The summed E-state index contributed by atoms with van der Waals surface area (Å²) in [7, 11) is 0. The number of hydrogen-bond acceptors (Lipinski definition) is 6. The normalized spacial score (nSPS) is 14.7. The Bertz CT molecular complexity index is 1690. The SMILES string of the molecule is CC(C)(C)[C@@H](NCC[C@@H](C(=O)NCCN1C(=O)C=CC1=O)N(C(=O)O)C(C)(C)C)c1nn(-c2cc(F)ccc2F)cc1Cc1ccccc1. The number of amides is 4. The minimum atomic E-state index is -1.28. The Hall–Kier alpha value is -4.91. The minimum absolute atomic E-state index is 0.0413. The summed E-state index contributed by atoms with van der Waals surface area (Å²) in [6.45, 7) is 11.1. The van der Waals surface area contributed by atoms with Gasteiger partial charge in [-0.25, -0.2) is 18.3 Å². The van der Waals surface area contributed by atoms with Gasteiger partial charge in [0.15, 0.2) is 0 Å². The lowest BCUT2D eigenvalue weighted by Gasteiger charge is -2.39. The first-order chi connectivity index (χ1) is 23.0. The fraction of sp³-hybridized carbons (Fsp3) is 0.417. The largest absolute Gasteiger partial charge is 0.465 e. The molecule has 1 aliphatic heterocycles. The third-order valence-corrected chi connectivity index (χ3v) is 8.20. The highest BCUT2D eigenvalue weighted by molar-refractivity contribution is 6.12. The Morgan fingerprint density at radius 3 is 2.20 bits per heavy atom. The third kappa shape index (κ3) is 9.17. The van der Waals surface area contributed by atoms with Crippen LogP contribution in [0.2, 0.25) is 0 Å². The van der Waals surface area contributed by atoms with E-state index in [1.807, 2.05) is 51.1 Å². The fourth-order valence-electron chi connectivity index (χ4n) is 5.91. The maximum absolute atomic E-state index is 14.9. The molecule has 13 heteroatoms. The monoisotopic (exact) mass is 678 g/mol. The van der Waals surface area contributed by atoms with Gasteiger partial charge in [0.2, 0.25) is 5.91 Å². The van der Waals surface area contributed by atoms with Crippen molar-refractivity contribution in [3.63, 3.8) is 0 Å². The van der Waals surface area contributed by atoms with Crippen molar-refractivity contribution < 1.29 is 33.1 Å². The predicted octanol–water partition coefficient (Wildman–Crippen LogP) is 5.00. The topological polar surface area (TPSA) is 137 Å². The molecule has 4 rings (SSSR count). The van der Waals surface area contributed by atoms with E-state index in [2.05, 4.69) is 10.6 Å². The molecule has 262 valence electrons. The van der Waals surface area contributed by atoms with Crippen LogP contribution in [-0.2, 0) is 20.8 Å². The maximum atomic E-state index is 14.9. The quantitative estimate of drug-likeness (QED) is 0.217. The first-order valence-corrected chi connectivity index (χ1v) is 16.1. The van der Waals surface area contributed by atoms with E-state index in [1.54, 1.807) is 27.0 Å². The molecule has 3 N–H and O–H groups in total. The summed E-state index contributed by atoms with van der Waals surface area (Å²) in [6.07, 6.45) is 3.24. The van der Waals surface area contributed by atoms with E-state index < -0.39 is 58.5 Å². The highest BCUT2D eigenvalue weighted by Crippen LogP contribution is 2.35. The summed E-state index contributed by atoms with van der Waals surface area (Å²) in [5.41, 5.74) is 0.906. The number of carboxylic acid groups (broad SMARTS) is 1. The van der Waals surface area contributed by atoms with E-state index >= 15 is 0 Å². The van der Waals surface area contributed by atoms with Crippen LogP contribution < -0.4 is 10.6 Å². The Morgan fingerprint density at radius 2 is 1.61 bits per heavy atom. The van der Waals surface area contributed by atoms with Crippen LogP contribution in [0.25, 0.3) is 5.69 Å². The molecule has 0 bridgehead atoms. The number of rotatable bonds is 13. The van der Waals surface area contributed by atoms with Crippen LogP contribution in [0.1, 0.15) is 70.8 Å². The molecule has 0 spiro atoms. The average Bonchev–Trinajstić information content (AvgIpc) is 3.56. The van der Waals surface area contributed by atoms with Crippen LogP contribution in [0, 0.1) is 17.0 Å². The van der Waals surface area contributed by atoms with Crippen LogP contribution >= 0.6 is 0 Å². The molecule has 11 nitrogen and oxygen atoms in total. The number of carbonyl (C=O) groups is 4. The number of nitrogens with one attached hydrogen (secondary N) is 2. The lowest BCUT2D eigenvalue weighted by Crippen LogP contribution is -2.58. The van der Waals surface area contributed by atoms with E-state index in [1.165, 1.54) is 4.68 Å². The maximum Gasteiger partial charge on any atom is 0.408 e. The van der Waals surface area contributed by atoms with Gasteiger partial charge >= 0.3 is 6.09 Å². The Morgan fingerprint density at radius 1 is 0.959 bits per heavy atom. The summed E-state index contributed by atoms with van der Waals surface area (Å²) >= 11 is 0. The number of hydrogen-bond donors (Lipinski definition) is 3. The second kappa shape index (κ2) is 15.1. The van der Waals surface area contributed by atoms with Crippen LogP contribution in [0.5, 0.6) is 0 Å². The minimum Gasteiger partial charge on any atom is -0.465 e. The predicted molar refractivity (Wildman–Crippen MR) is 180 cm³/mol. The molecule has 0 radical (unpaired) electrons. The van der Waals surface area contributed by atoms with Crippen LogP contribution in [0.4, 0.5) is 13.6 Å². The molecule has 2 aromatic carbocycles. The molecule has 0 fully saturated rings. The van der Waals surface area contributed by atoms with Crippen molar-refractivity contribution in [2.75, 3.05) is 19.6 Å². The molecule has 4 amide bonds. The zero-order chi connectivity index (χ0) is 36.1. The zero-order valence-electron chi connectivity index (χ0n) is 28.7. The lowest BCUT2D eigenvalue weighted by atomic mass is 9.82. The number of benzene rings is 2. The van der Waals surface area contributed by atoms with E-state index in [0.29, 0.717) is 12.1 Å². The molecule has 0 aliphatic carbocycles. The van der Waals surface area contributed by atoms with Crippen molar-refractivity contribution in [2.45, 2.75) is 72.0 Å². The average molecular weight is 679 g/mol. The van der Waals surface area contributed by atoms with Gasteiger partial charge in [-0.15, -0.1) is 0 Å². The summed E-state index contributed by atoms with van der Waals surface area (Å²) in [5.74, 6) is -2.78. The van der Waals surface area contributed by atoms with Gasteiger partial charge in [-0.2, -0.15) is 5.10 Å². The standard InChI is InChI=1S/C36H44F2N6O5/c1-35(2,3)32(31-24(20-23-10-8-7-9-11-23)22-43(41-31)28-21-25(37)12-13-26(28)38)39-17-16-27(44(34(48)49)36(4,5)6)33(47)40-18-19-42-29(45)14-15-30(42)46/h7-15,21-22,27,32,39H,16-20H2,1-6H3,(H,40,47)(H,48,49)/t27-,32-/m0/s1. The highest BCUT2D eigenvalue weighted by atomic mass is 19.1. The highest BCUT2D eigenvalue weighted by Gasteiger charge is 2.38. The Kier molecular flexibility index (Phi) is 11.4. The summed E-state index contributed by atoms with van der Waals surface area (Å²) < 4.78 is 30.4. The number of carbonyl (C=O) groups excluding carboxylic acids is 3. The fourth-order valence-corrected chi connectivity index (χ4v) is 5.91. The molecule has 2 atom stereocenters. The van der Waals surface area contributed by atoms with Crippen molar-refractivity contribution in [3.05, 3.63) is 95.3 Å². The number of aromatic nitrogens is 2. The molecule has 3 aromatic rings. The first kappa shape index (κ1) is 36.9. The molecule has 0 saturated carbocycles. The van der Waals surface area contributed by atoms with Crippen LogP contribution in [0.15, 0.2) is 66.9 Å². The van der Waals surface area contributed by atoms with Crippen molar-refractivity contribution in [1.82, 2.24) is 30.2 Å². The van der Waals surface area contributed by atoms with Crippen LogP contribution in [0.3, 0.4) is 0 Å². The molecule has 0 unspecified atom stereocenters.